The monoisotopic (exact) mass is 492 g/mol. The molecule has 0 bridgehead atoms. The van der Waals surface area contributed by atoms with Gasteiger partial charge in [-0.1, -0.05) is 0 Å². The van der Waals surface area contributed by atoms with Gasteiger partial charge in [-0.3, -0.25) is 19.7 Å². The highest BCUT2D eigenvalue weighted by Gasteiger charge is 2.34. The molecular formula is C24H21F5N4O2. The number of nitrogens with one attached hydrogen (secondary N) is 1. The first-order chi connectivity index (χ1) is 16.6. The SMILES string of the molecule is CC(NC(=O)c1cc(C2CC2)cc(C(F)(F)F)c1)c1nccnc1-c1ccc(OCC(F)F)cn1. The average Bonchev–Trinajstić information content (AvgIpc) is 3.68. The van der Waals surface area contributed by atoms with Crippen LogP contribution >= 0.6 is 0 Å². The van der Waals surface area contributed by atoms with Crippen molar-refractivity contribution in [3.05, 3.63) is 71.3 Å². The van der Waals surface area contributed by atoms with E-state index in [0.29, 0.717) is 22.6 Å². The molecule has 6 nitrogen and oxygen atoms in total. The Morgan fingerprint density at radius 2 is 1.86 bits per heavy atom. The molecular weight excluding hydrogens is 471 g/mol. The van der Waals surface area contributed by atoms with Gasteiger partial charge in [0.1, 0.15) is 18.1 Å². The zero-order valence-electron chi connectivity index (χ0n) is 18.5. The number of nitrogens with zero attached hydrogens (tertiary/aromatic N) is 3. The fourth-order valence-corrected chi connectivity index (χ4v) is 3.58. The summed E-state index contributed by atoms with van der Waals surface area (Å²) >= 11 is 0. The van der Waals surface area contributed by atoms with E-state index in [4.69, 9.17) is 4.74 Å². The summed E-state index contributed by atoms with van der Waals surface area (Å²) in [4.78, 5) is 25.6. The van der Waals surface area contributed by atoms with Gasteiger partial charge in [0.25, 0.3) is 12.3 Å². The molecule has 35 heavy (non-hydrogen) atoms. The van der Waals surface area contributed by atoms with E-state index in [1.807, 2.05) is 0 Å². The first kappa shape index (κ1) is 24.5. The first-order valence-corrected chi connectivity index (χ1v) is 10.8. The number of alkyl halides is 5. The molecule has 4 rings (SSSR count). The van der Waals surface area contributed by atoms with E-state index >= 15 is 0 Å². The third-order valence-corrected chi connectivity index (χ3v) is 5.43. The largest absolute Gasteiger partial charge is 0.486 e. The Balaban J connectivity index is 1.55. The molecule has 0 spiro atoms. The van der Waals surface area contributed by atoms with Gasteiger partial charge >= 0.3 is 6.18 Å². The van der Waals surface area contributed by atoms with Crippen LogP contribution < -0.4 is 10.1 Å². The van der Waals surface area contributed by atoms with E-state index in [9.17, 15) is 26.7 Å². The third-order valence-electron chi connectivity index (χ3n) is 5.43. The van der Waals surface area contributed by atoms with Crippen molar-refractivity contribution in [2.75, 3.05) is 6.61 Å². The quantitative estimate of drug-likeness (QED) is 0.416. The van der Waals surface area contributed by atoms with Gasteiger partial charge in [-0.05, 0) is 61.6 Å². The van der Waals surface area contributed by atoms with E-state index in [-0.39, 0.29) is 17.2 Å². The fraction of sp³-hybridized carbons (Fsp3) is 0.333. The molecule has 1 saturated carbocycles. The molecule has 2 aromatic heterocycles. The van der Waals surface area contributed by atoms with Crippen LogP contribution in [0, 0.1) is 0 Å². The molecule has 11 heteroatoms. The van der Waals surface area contributed by atoms with Crippen LogP contribution in [0.25, 0.3) is 11.4 Å². The topological polar surface area (TPSA) is 77.0 Å². The Morgan fingerprint density at radius 1 is 1.11 bits per heavy atom. The molecule has 3 aromatic rings. The smallest absolute Gasteiger partial charge is 0.416 e. The van der Waals surface area contributed by atoms with Crippen LogP contribution in [0.5, 0.6) is 5.75 Å². The number of halogens is 5. The zero-order valence-corrected chi connectivity index (χ0v) is 18.5. The number of ether oxygens (including phenoxy) is 1. The molecule has 1 atom stereocenters. The molecule has 0 radical (unpaired) electrons. The maximum atomic E-state index is 13.4. The maximum absolute atomic E-state index is 13.4. The van der Waals surface area contributed by atoms with Crippen molar-refractivity contribution in [1.82, 2.24) is 20.3 Å². The van der Waals surface area contributed by atoms with E-state index in [0.717, 1.165) is 25.0 Å². The highest BCUT2D eigenvalue weighted by atomic mass is 19.4. The van der Waals surface area contributed by atoms with Gasteiger partial charge in [-0.25, -0.2) is 8.78 Å². The van der Waals surface area contributed by atoms with E-state index in [1.165, 1.54) is 36.8 Å². The summed E-state index contributed by atoms with van der Waals surface area (Å²) in [6, 6.07) is 5.67. The summed E-state index contributed by atoms with van der Waals surface area (Å²) in [5.74, 6) is -0.491. The van der Waals surface area contributed by atoms with Crippen LogP contribution in [0.15, 0.2) is 48.9 Å². The highest BCUT2D eigenvalue weighted by Crippen LogP contribution is 2.42. The third kappa shape index (κ3) is 6.09. The minimum Gasteiger partial charge on any atom is -0.486 e. The van der Waals surface area contributed by atoms with Crippen LogP contribution in [-0.2, 0) is 6.18 Å². The van der Waals surface area contributed by atoms with E-state index in [1.54, 1.807) is 6.92 Å². The van der Waals surface area contributed by atoms with Gasteiger partial charge in [0, 0.05) is 18.0 Å². The number of carbonyl (C=O) groups is 1. The summed E-state index contributed by atoms with van der Waals surface area (Å²) in [6.07, 6.45) is -1.51. The van der Waals surface area contributed by atoms with Crippen LogP contribution in [0.4, 0.5) is 22.0 Å². The molecule has 1 aromatic carbocycles. The number of aromatic nitrogens is 3. The Morgan fingerprint density at radius 3 is 2.49 bits per heavy atom. The molecule has 0 aliphatic heterocycles. The minimum atomic E-state index is -4.57. The number of hydrogen-bond donors (Lipinski definition) is 1. The minimum absolute atomic E-state index is 0.0339. The second-order valence-corrected chi connectivity index (χ2v) is 8.18. The molecule has 2 heterocycles. The first-order valence-electron chi connectivity index (χ1n) is 10.8. The predicted octanol–water partition coefficient (Wildman–Crippen LogP) is 5.57. The van der Waals surface area contributed by atoms with Crippen molar-refractivity contribution >= 4 is 5.91 Å². The zero-order chi connectivity index (χ0) is 25.2. The van der Waals surface area contributed by atoms with Crippen LogP contribution in [0.2, 0.25) is 0 Å². The van der Waals surface area contributed by atoms with Gasteiger partial charge < -0.3 is 10.1 Å². The Kier molecular flexibility index (Phi) is 6.95. The van der Waals surface area contributed by atoms with Gasteiger partial charge in [0.2, 0.25) is 0 Å². The number of rotatable bonds is 8. The van der Waals surface area contributed by atoms with E-state index < -0.39 is 36.7 Å². The second kappa shape index (κ2) is 9.93. The average molecular weight is 492 g/mol. The maximum Gasteiger partial charge on any atom is 0.416 e. The summed E-state index contributed by atoms with van der Waals surface area (Å²) in [5.41, 5.74) is 0.563. The molecule has 1 fully saturated rings. The van der Waals surface area contributed by atoms with Gasteiger partial charge in [-0.2, -0.15) is 13.2 Å². The van der Waals surface area contributed by atoms with Crippen molar-refractivity contribution in [2.24, 2.45) is 0 Å². The number of carbonyl (C=O) groups excluding carboxylic acids is 1. The van der Waals surface area contributed by atoms with Crippen molar-refractivity contribution in [3.63, 3.8) is 0 Å². The number of benzene rings is 1. The number of pyridine rings is 1. The summed E-state index contributed by atoms with van der Waals surface area (Å²) in [6.45, 7) is 0.861. The summed E-state index contributed by atoms with van der Waals surface area (Å²) in [7, 11) is 0. The van der Waals surface area contributed by atoms with Crippen molar-refractivity contribution < 1.29 is 31.5 Å². The predicted molar refractivity (Wildman–Crippen MR) is 116 cm³/mol. The molecule has 0 saturated heterocycles. The summed E-state index contributed by atoms with van der Waals surface area (Å²) in [5, 5.41) is 2.69. The van der Waals surface area contributed by atoms with Gasteiger partial charge in [0.05, 0.1) is 29.2 Å². The van der Waals surface area contributed by atoms with Gasteiger partial charge in [0.15, 0.2) is 0 Å². The lowest BCUT2D eigenvalue weighted by molar-refractivity contribution is -0.137. The van der Waals surface area contributed by atoms with Crippen molar-refractivity contribution in [1.29, 1.82) is 0 Å². The standard InChI is InChI=1S/C24H21F5N4O2/c1-13(33-23(34)16-8-15(14-2-3-14)9-17(10-16)24(27,28)29)21-22(31-7-6-30-21)19-5-4-18(11-32-19)35-12-20(25)26/h4-11,13-14,20H,2-3,12H2,1H3,(H,33,34). The van der Waals surface area contributed by atoms with Crippen molar-refractivity contribution in [2.45, 2.75) is 44.3 Å². The molecule has 1 amide bonds. The Labute approximate surface area is 197 Å². The fourth-order valence-electron chi connectivity index (χ4n) is 3.58. The molecule has 1 unspecified atom stereocenters. The van der Waals surface area contributed by atoms with E-state index in [2.05, 4.69) is 20.3 Å². The number of hydrogen-bond acceptors (Lipinski definition) is 5. The normalized spacial score (nSPS) is 14.6. The number of amides is 1. The molecule has 1 N–H and O–H groups in total. The van der Waals surface area contributed by atoms with Gasteiger partial charge in [-0.15, -0.1) is 0 Å². The molecule has 1 aliphatic rings. The molecule has 1 aliphatic carbocycles. The lowest BCUT2D eigenvalue weighted by Crippen LogP contribution is -2.28. The lowest BCUT2D eigenvalue weighted by atomic mass is 10.0. The Bertz CT molecular complexity index is 1200. The van der Waals surface area contributed by atoms with Crippen LogP contribution in [0.3, 0.4) is 0 Å². The van der Waals surface area contributed by atoms with Crippen molar-refractivity contribution in [3.8, 4) is 17.1 Å². The Hall–Kier alpha value is -3.63. The second-order valence-electron chi connectivity index (χ2n) is 8.18. The highest BCUT2D eigenvalue weighted by molar-refractivity contribution is 5.95. The van der Waals surface area contributed by atoms with Crippen LogP contribution in [-0.4, -0.2) is 33.9 Å². The van der Waals surface area contributed by atoms with Crippen LogP contribution in [0.1, 0.15) is 58.9 Å². The lowest BCUT2D eigenvalue weighted by Gasteiger charge is -2.17. The summed E-state index contributed by atoms with van der Waals surface area (Å²) < 4.78 is 69.7. The molecule has 184 valence electrons.